The zero-order valence-electron chi connectivity index (χ0n) is 15.9. The van der Waals surface area contributed by atoms with E-state index in [-0.39, 0.29) is 23.8 Å². The molecule has 0 saturated heterocycles. The molecule has 3 aromatic rings. The highest BCUT2D eigenvalue weighted by molar-refractivity contribution is 7.89. The second kappa shape index (κ2) is 8.53. The Morgan fingerprint density at radius 3 is 2.64 bits per heavy atom. The van der Waals surface area contributed by atoms with Gasteiger partial charge in [-0.15, -0.1) is 0 Å². The highest BCUT2D eigenvalue weighted by atomic mass is 32.2. The molecule has 0 spiro atoms. The molecule has 2 aromatic carbocycles. The Morgan fingerprint density at radius 1 is 1.18 bits per heavy atom. The van der Waals surface area contributed by atoms with Crippen LogP contribution in [0.4, 0.5) is 5.82 Å². The number of nitrogens with one attached hydrogen (secondary N) is 1. The molecule has 1 amide bonds. The Morgan fingerprint density at radius 2 is 1.93 bits per heavy atom. The van der Waals surface area contributed by atoms with Crippen molar-refractivity contribution < 1.29 is 17.7 Å². The second-order valence-electron chi connectivity index (χ2n) is 6.54. The molecule has 8 heteroatoms. The summed E-state index contributed by atoms with van der Waals surface area (Å²) >= 11 is 0. The highest BCUT2D eigenvalue weighted by Crippen LogP contribution is 2.26. The fourth-order valence-corrected chi connectivity index (χ4v) is 4.60. The van der Waals surface area contributed by atoms with Gasteiger partial charge in [0.05, 0.1) is 11.4 Å². The Kier molecular flexibility index (Phi) is 6.11. The molecule has 3 rings (SSSR count). The molecule has 7 nitrogen and oxygen atoms in total. The van der Waals surface area contributed by atoms with Crippen molar-refractivity contribution in [3.63, 3.8) is 0 Å². The Balaban J connectivity index is 1.89. The minimum absolute atomic E-state index is 0.201. The predicted molar refractivity (Wildman–Crippen MR) is 107 cm³/mol. The first-order valence-electron chi connectivity index (χ1n) is 9.13. The summed E-state index contributed by atoms with van der Waals surface area (Å²) in [4.78, 5) is 12.6. The quantitative estimate of drug-likeness (QED) is 0.623. The lowest BCUT2D eigenvalue weighted by Crippen LogP contribution is -2.38. The smallest absolute Gasteiger partial charge is 0.244 e. The molecule has 0 saturated carbocycles. The molecule has 1 heterocycles. The lowest BCUT2D eigenvalue weighted by Gasteiger charge is -2.22. The van der Waals surface area contributed by atoms with Gasteiger partial charge < -0.3 is 9.84 Å². The standard InChI is InChI=1S/C20H23N3O4S/c1-3-4-12-23(14-20(24)21-19-13-15(2)27-22-19)28(25,26)18-11-7-9-16-8-5-6-10-17(16)18/h5-11,13H,3-4,12,14H2,1-2H3,(H,21,22,24). The Hall–Kier alpha value is -2.71. The summed E-state index contributed by atoms with van der Waals surface area (Å²) in [5.41, 5.74) is 0. The van der Waals surface area contributed by atoms with E-state index in [1.54, 1.807) is 37.3 Å². The van der Waals surface area contributed by atoms with E-state index in [0.29, 0.717) is 17.6 Å². The molecule has 148 valence electrons. The number of hydrogen-bond donors (Lipinski definition) is 1. The van der Waals surface area contributed by atoms with Crippen LogP contribution in [-0.4, -0.2) is 36.9 Å². The number of nitrogens with zero attached hydrogens (tertiary/aromatic N) is 2. The summed E-state index contributed by atoms with van der Waals surface area (Å²) in [7, 11) is -3.85. The predicted octanol–water partition coefficient (Wildman–Crippen LogP) is 3.57. The van der Waals surface area contributed by atoms with E-state index >= 15 is 0 Å². The molecule has 0 aliphatic carbocycles. The fourth-order valence-electron chi connectivity index (χ4n) is 2.95. The van der Waals surface area contributed by atoms with Crippen LogP contribution in [0.25, 0.3) is 10.8 Å². The molecule has 0 fully saturated rings. The van der Waals surface area contributed by atoms with Gasteiger partial charge >= 0.3 is 0 Å². The normalized spacial score (nSPS) is 11.8. The van der Waals surface area contributed by atoms with Crippen LogP contribution in [0.3, 0.4) is 0 Å². The van der Waals surface area contributed by atoms with Crippen LogP contribution in [0.15, 0.2) is 57.9 Å². The van der Waals surface area contributed by atoms with Gasteiger partial charge in [-0.05, 0) is 24.8 Å². The minimum Gasteiger partial charge on any atom is -0.360 e. The van der Waals surface area contributed by atoms with Gasteiger partial charge in [0.15, 0.2) is 5.82 Å². The molecular weight excluding hydrogens is 378 g/mol. The number of anilines is 1. The molecular formula is C20H23N3O4S. The number of sulfonamides is 1. The number of hydrogen-bond acceptors (Lipinski definition) is 5. The molecule has 0 unspecified atom stereocenters. The number of benzene rings is 2. The van der Waals surface area contributed by atoms with Crippen LogP contribution in [0.2, 0.25) is 0 Å². The summed E-state index contributed by atoms with van der Waals surface area (Å²) < 4.78 is 32.9. The summed E-state index contributed by atoms with van der Waals surface area (Å²) in [5, 5.41) is 7.76. The minimum atomic E-state index is -3.85. The molecule has 0 bridgehead atoms. The maximum absolute atomic E-state index is 13.4. The first kappa shape index (κ1) is 20.0. The zero-order chi connectivity index (χ0) is 20.1. The largest absolute Gasteiger partial charge is 0.360 e. The van der Waals surface area contributed by atoms with Crippen LogP contribution >= 0.6 is 0 Å². The number of carbonyl (C=O) groups excluding carboxylic acids is 1. The number of rotatable bonds is 8. The lowest BCUT2D eigenvalue weighted by molar-refractivity contribution is -0.116. The maximum atomic E-state index is 13.4. The third-order valence-electron chi connectivity index (χ3n) is 4.34. The SMILES string of the molecule is CCCCN(CC(=O)Nc1cc(C)on1)S(=O)(=O)c1cccc2ccccc12. The lowest BCUT2D eigenvalue weighted by atomic mass is 10.1. The van der Waals surface area contributed by atoms with Gasteiger partial charge in [-0.25, -0.2) is 8.42 Å². The monoisotopic (exact) mass is 401 g/mol. The van der Waals surface area contributed by atoms with Gasteiger partial charge in [0.2, 0.25) is 15.9 Å². The Bertz CT molecular complexity index is 1070. The molecule has 1 aromatic heterocycles. The highest BCUT2D eigenvalue weighted by Gasteiger charge is 2.28. The summed E-state index contributed by atoms with van der Waals surface area (Å²) in [6, 6.07) is 14.0. The van der Waals surface area contributed by atoms with Gasteiger partial charge in [-0.1, -0.05) is 54.9 Å². The molecule has 28 heavy (non-hydrogen) atoms. The average molecular weight is 401 g/mol. The van der Waals surface area contributed by atoms with Gasteiger partial charge in [-0.3, -0.25) is 4.79 Å². The Labute approximate surface area is 164 Å². The van der Waals surface area contributed by atoms with Crippen molar-refractivity contribution >= 4 is 32.5 Å². The number of aromatic nitrogens is 1. The van der Waals surface area contributed by atoms with E-state index < -0.39 is 15.9 Å². The molecule has 0 radical (unpaired) electrons. The van der Waals surface area contributed by atoms with Gasteiger partial charge in [0, 0.05) is 18.0 Å². The van der Waals surface area contributed by atoms with Crippen LogP contribution in [-0.2, 0) is 14.8 Å². The molecule has 0 aliphatic rings. The van der Waals surface area contributed by atoms with E-state index in [4.69, 9.17) is 4.52 Å². The third-order valence-corrected chi connectivity index (χ3v) is 6.25. The molecule has 0 aliphatic heterocycles. The number of amides is 1. The molecule has 1 N–H and O–H groups in total. The van der Waals surface area contributed by atoms with Crippen LogP contribution < -0.4 is 5.32 Å². The first-order chi connectivity index (χ1) is 13.4. The zero-order valence-corrected chi connectivity index (χ0v) is 16.7. The first-order valence-corrected chi connectivity index (χ1v) is 10.6. The maximum Gasteiger partial charge on any atom is 0.244 e. The van der Waals surface area contributed by atoms with Gasteiger partial charge in [-0.2, -0.15) is 4.31 Å². The van der Waals surface area contributed by atoms with Crippen LogP contribution in [0.5, 0.6) is 0 Å². The van der Waals surface area contributed by atoms with Crippen molar-refractivity contribution in [2.24, 2.45) is 0 Å². The van der Waals surface area contributed by atoms with Crippen molar-refractivity contribution in [1.82, 2.24) is 9.46 Å². The van der Waals surface area contributed by atoms with E-state index in [0.717, 1.165) is 11.8 Å². The van der Waals surface area contributed by atoms with E-state index in [1.807, 2.05) is 25.1 Å². The third kappa shape index (κ3) is 4.40. The summed E-state index contributed by atoms with van der Waals surface area (Å²) in [6.45, 7) is 3.65. The van der Waals surface area contributed by atoms with Crippen molar-refractivity contribution in [3.8, 4) is 0 Å². The van der Waals surface area contributed by atoms with Crippen molar-refractivity contribution in [1.29, 1.82) is 0 Å². The van der Waals surface area contributed by atoms with E-state index in [1.165, 1.54) is 4.31 Å². The van der Waals surface area contributed by atoms with Crippen LogP contribution in [0, 0.1) is 6.92 Å². The topological polar surface area (TPSA) is 92.5 Å². The van der Waals surface area contributed by atoms with Crippen molar-refractivity contribution in [2.45, 2.75) is 31.6 Å². The van der Waals surface area contributed by atoms with E-state index in [2.05, 4.69) is 10.5 Å². The van der Waals surface area contributed by atoms with E-state index in [9.17, 15) is 13.2 Å². The molecule has 0 atom stereocenters. The fraction of sp³-hybridized carbons (Fsp3) is 0.300. The summed E-state index contributed by atoms with van der Waals surface area (Å²) in [5.74, 6) is 0.357. The average Bonchev–Trinajstić information content (AvgIpc) is 3.09. The number of unbranched alkanes of at least 4 members (excludes halogenated alkanes) is 1. The summed E-state index contributed by atoms with van der Waals surface area (Å²) in [6.07, 6.45) is 1.46. The van der Waals surface area contributed by atoms with Crippen molar-refractivity contribution in [3.05, 3.63) is 54.3 Å². The van der Waals surface area contributed by atoms with Crippen LogP contribution in [0.1, 0.15) is 25.5 Å². The van der Waals surface area contributed by atoms with Gasteiger partial charge in [0.1, 0.15) is 5.76 Å². The number of aryl methyl sites for hydroxylation is 1. The number of fused-ring (bicyclic) bond motifs is 1. The van der Waals surface area contributed by atoms with Gasteiger partial charge in [0.25, 0.3) is 0 Å². The van der Waals surface area contributed by atoms with Crippen molar-refractivity contribution in [2.75, 3.05) is 18.4 Å². The second-order valence-corrected chi connectivity index (χ2v) is 8.45. The number of carbonyl (C=O) groups is 1.